The second-order valence-corrected chi connectivity index (χ2v) is 8.43. The normalized spacial score (nSPS) is 18.0. The van der Waals surface area contributed by atoms with Crippen LogP contribution in [0.25, 0.3) is 10.9 Å². The molecule has 0 bridgehead atoms. The average molecular weight is 407 g/mol. The number of fused-ring (bicyclic) bond motifs is 1. The highest BCUT2D eigenvalue weighted by atomic mass is 16.5. The van der Waals surface area contributed by atoms with Gasteiger partial charge in [0.1, 0.15) is 11.4 Å². The number of carbonyl (C=O) groups is 1. The first-order chi connectivity index (χ1) is 14.6. The molecular formula is C22H25N5O3. The Morgan fingerprint density at radius 3 is 2.70 bits per heavy atom. The Hall–Kier alpha value is -3.03. The molecule has 0 saturated heterocycles. The lowest BCUT2D eigenvalue weighted by atomic mass is 9.96. The van der Waals surface area contributed by atoms with E-state index in [1.165, 1.54) is 0 Å². The summed E-state index contributed by atoms with van der Waals surface area (Å²) in [6, 6.07) is 7.61. The summed E-state index contributed by atoms with van der Waals surface area (Å²) in [5, 5.41) is 7.88. The summed E-state index contributed by atoms with van der Waals surface area (Å²) in [7, 11) is 0. The van der Waals surface area contributed by atoms with Crippen LogP contribution in [0.2, 0.25) is 0 Å². The Morgan fingerprint density at radius 2 is 2.00 bits per heavy atom. The number of nitrogens with one attached hydrogen (secondary N) is 1. The van der Waals surface area contributed by atoms with Crippen molar-refractivity contribution in [1.29, 1.82) is 0 Å². The largest absolute Gasteiger partial charge is 0.343 e. The molecule has 1 N–H and O–H groups in total. The van der Waals surface area contributed by atoms with E-state index in [0.29, 0.717) is 34.9 Å². The Morgan fingerprint density at radius 1 is 1.23 bits per heavy atom. The number of para-hydroxylation sites is 1. The van der Waals surface area contributed by atoms with Crippen molar-refractivity contribution < 1.29 is 9.32 Å². The maximum Gasteiger partial charge on any atom is 0.261 e. The Bertz CT molecular complexity index is 1160. The molecule has 0 spiro atoms. The number of carbonyl (C=O) groups excluding carboxylic acids is 1. The molecule has 3 aromatic rings. The maximum atomic E-state index is 13.0. The molecule has 0 atom stereocenters. The fraction of sp³-hybridized carbons (Fsp3) is 0.500. The highest BCUT2D eigenvalue weighted by Gasteiger charge is 2.41. The summed E-state index contributed by atoms with van der Waals surface area (Å²) in [4.78, 5) is 35.0. The predicted molar refractivity (Wildman–Crippen MR) is 110 cm³/mol. The van der Waals surface area contributed by atoms with E-state index in [1.54, 1.807) is 11.5 Å². The quantitative estimate of drug-likeness (QED) is 0.674. The molecule has 30 heavy (non-hydrogen) atoms. The van der Waals surface area contributed by atoms with Crippen LogP contribution in [0, 0.1) is 6.92 Å². The van der Waals surface area contributed by atoms with Crippen LogP contribution in [0.1, 0.15) is 68.5 Å². The van der Waals surface area contributed by atoms with Crippen molar-refractivity contribution in [2.45, 2.75) is 69.9 Å². The van der Waals surface area contributed by atoms with Crippen LogP contribution >= 0.6 is 0 Å². The van der Waals surface area contributed by atoms with Gasteiger partial charge < -0.3 is 9.84 Å². The molecule has 2 fully saturated rings. The molecule has 2 aromatic heterocycles. The summed E-state index contributed by atoms with van der Waals surface area (Å²) in [5.74, 6) is 1.67. The van der Waals surface area contributed by atoms with E-state index in [-0.39, 0.29) is 23.9 Å². The summed E-state index contributed by atoms with van der Waals surface area (Å²) in [6.45, 7) is 1.75. The number of hydrogen-bond donors (Lipinski definition) is 1. The standard InChI is InChI=1S/C22H25N5O3/c1-14-23-21(26-30-14)22(12-4-5-13-22)25-19(28)11-10-18-24-17-7-3-2-6-16(17)20(29)27(18)15-8-9-15/h2-3,6-7,15H,4-5,8-13H2,1H3,(H,25,28). The summed E-state index contributed by atoms with van der Waals surface area (Å²) in [6.07, 6.45) is 6.29. The highest BCUT2D eigenvalue weighted by molar-refractivity contribution is 5.78. The van der Waals surface area contributed by atoms with Crippen LogP contribution in [0.4, 0.5) is 0 Å². The molecule has 8 nitrogen and oxygen atoms in total. The Labute approximate surface area is 173 Å². The van der Waals surface area contributed by atoms with Gasteiger partial charge in [0.2, 0.25) is 11.8 Å². The number of rotatable bonds is 6. The van der Waals surface area contributed by atoms with E-state index in [0.717, 1.165) is 38.5 Å². The zero-order chi connectivity index (χ0) is 20.7. The van der Waals surface area contributed by atoms with E-state index >= 15 is 0 Å². The molecular weight excluding hydrogens is 382 g/mol. The van der Waals surface area contributed by atoms with Gasteiger partial charge in [-0.3, -0.25) is 14.2 Å². The van der Waals surface area contributed by atoms with Gasteiger partial charge in [0.05, 0.1) is 10.9 Å². The van der Waals surface area contributed by atoms with Crippen LogP contribution in [-0.2, 0) is 16.8 Å². The molecule has 2 heterocycles. The molecule has 2 aliphatic carbocycles. The first-order valence-electron chi connectivity index (χ1n) is 10.7. The number of hydrogen-bond acceptors (Lipinski definition) is 6. The van der Waals surface area contributed by atoms with Gasteiger partial charge in [-0.15, -0.1) is 0 Å². The van der Waals surface area contributed by atoms with E-state index in [2.05, 4.69) is 15.5 Å². The fourth-order valence-corrected chi connectivity index (χ4v) is 4.51. The summed E-state index contributed by atoms with van der Waals surface area (Å²) < 4.78 is 6.95. The van der Waals surface area contributed by atoms with Crippen LogP contribution in [0.5, 0.6) is 0 Å². The van der Waals surface area contributed by atoms with Gasteiger partial charge in [0.25, 0.3) is 5.56 Å². The zero-order valence-electron chi connectivity index (χ0n) is 17.1. The van der Waals surface area contributed by atoms with Crippen molar-refractivity contribution in [3.8, 4) is 0 Å². The number of aromatic nitrogens is 4. The van der Waals surface area contributed by atoms with Gasteiger partial charge in [0.15, 0.2) is 5.82 Å². The molecule has 2 saturated carbocycles. The van der Waals surface area contributed by atoms with Crippen LogP contribution in [0.3, 0.4) is 0 Å². The second kappa shape index (κ2) is 7.34. The van der Waals surface area contributed by atoms with E-state index in [1.807, 2.05) is 24.3 Å². The minimum Gasteiger partial charge on any atom is -0.343 e. The van der Waals surface area contributed by atoms with E-state index in [9.17, 15) is 9.59 Å². The highest BCUT2D eigenvalue weighted by Crippen LogP contribution is 2.37. The third kappa shape index (κ3) is 3.40. The minimum atomic E-state index is -0.554. The number of amides is 1. The molecule has 8 heteroatoms. The van der Waals surface area contributed by atoms with Gasteiger partial charge in [-0.2, -0.15) is 4.98 Å². The van der Waals surface area contributed by atoms with Crippen LogP contribution in [0.15, 0.2) is 33.6 Å². The first-order valence-corrected chi connectivity index (χ1v) is 10.7. The lowest BCUT2D eigenvalue weighted by Crippen LogP contribution is -2.44. The number of aryl methyl sites for hydroxylation is 2. The van der Waals surface area contributed by atoms with Crippen molar-refractivity contribution >= 4 is 16.8 Å². The smallest absolute Gasteiger partial charge is 0.261 e. The lowest BCUT2D eigenvalue weighted by molar-refractivity contribution is -0.123. The number of nitrogens with zero attached hydrogens (tertiary/aromatic N) is 4. The average Bonchev–Trinajstić information content (AvgIpc) is 3.29. The van der Waals surface area contributed by atoms with Crippen molar-refractivity contribution in [3.05, 3.63) is 52.2 Å². The van der Waals surface area contributed by atoms with Gasteiger partial charge in [-0.25, -0.2) is 4.98 Å². The minimum absolute atomic E-state index is 0.00644. The summed E-state index contributed by atoms with van der Waals surface area (Å²) in [5.41, 5.74) is 0.124. The Balaban J connectivity index is 1.37. The molecule has 0 aliphatic heterocycles. The third-order valence-electron chi connectivity index (χ3n) is 6.16. The van der Waals surface area contributed by atoms with Gasteiger partial charge in [-0.05, 0) is 37.8 Å². The molecule has 1 aromatic carbocycles. The molecule has 156 valence electrons. The van der Waals surface area contributed by atoms with Crippen LogP contribution < -0.4 is 10.9 Å². The summed E-state index contributed by atoms with van der Waals surface area (Å²) >= 11 is 0. The van der Waals surface area contributed by atoms with Gasteiger partial charge in [0, 0.05) is 25.8 Å². The first kappa shape index (κ1) is 19.0. The predicted octanol–water partition coefficient (Wildman–Crippen LogP) is 2.94. The van der Waals surface area contributed by atoms with Crippen molar-refractivity contribution in [2.75, 3.05) is 0 Å². The molecule has 0 unspecified atom stereocenters. The van der Waals surface area contributed by atoms with Gasteiger partial charge >= 0.3 is 0 Å². The van der Waals surface area contributed by atoms with E-state index < -0.39 is 5.54 Å². The lowest BCUT2D eigenvalue weighted by Gasteiger charge is -2.26. The van der Waals surface area contributed by atoms with E-state index in [4.69, 9.17) is 9.51 Å². The fourth-order valence-electron chi connectivity index (χ4n) is 4.51. The SMILES string of the molecule is Cc1nc(C2(NC(=O)CCc3nc4ccccc4c(=O)n3C3CC3)CCCC2)no1. The molecule has 5 rings (SSSR count). The van der Waals surface area contributed by atoms with Crippen LogP contribution in [-0.4, -0.2) is 25.6 Å². The zero-order valence-corrected chi connectivity index (χ0v) is 17.1. The van der Waals surface area contributed by atoms with Gasteiger partial charge in [-0.1, -0.05) is 30.1 Å². The third-order valence-corrected chi connectivity index (χ3v) is 6.16. The van der Waals surface area contributed by atoms with Crippen molar-refractivity contribution in [1.82, 2.24) is 25.0 Å². The number of benzene rings is 1. The van der Waals surface area contributed by atoms with Crippen molar-refractivity contribution in [3.63, 3.8) is 0 Å². The Kier molecular flexibility index (Phi) is 4.64. The second-order valence-electron chi connectivity index (χ2n) is 8.43. The molecule has 0 radical (unpaired) electrons. The maximum absolute atomic E-state index is 13.0. The topological polar surface area (TPSA) is 103 Å². The molecule has 1 amide bonds. The molecule has 2 aliphatic rings. The van der Waals surface area contributed by atoms with Crippen molar-refractivity contribution in [2.24, 2.45) is 0 Å². The monoisotopic (exact) mass is 407 g/mol.